The minimum atomic E-state index is -0.817. The van der Waals surface area contributed by atoms with Crippen LogP contribution in [0, 0.1) is 11.8 Å². The quantitative estimate of drug-likeness (QED) is 0.0679. The molecule has 0 aliphatic heterocycles. The molecule has 228 valence electrons. The molecule has 0 aromatic carbocycles. The van der Waals surface area contributed by atoms with Gasteiger partial charge in [0.15, 0.2) is 0 Å². The van der Waals surface area contributed by atoms with E-state index in [2.05, 4.69) is 6.92 Å². The summed E-state index contributed by atoms with van der Waals surface area (Å²) >= 11 is 0. The molecule has 40 heavy (non-hydrogen) atoms. The molecule has 8 heteroatoms. The lowest BCUT2D eigenvalue weighted by molar-refractivity contribution is -0.152. The van der Waals surface area contributed by atoms with Crippen molar-refractivity contribution < 1.29 is 38.5 Å². The van der Waals surface area contributed by atoms with Gasteiger partial charge in [-0.25, -0.2) is 0 Å². The van der Waals surface area contributed by atoms with Crippen LogP contribution in [0.25, 0.3) is 0 Å². The zero-order valence-electron chi connectivity index (χ0n) is 25.1. The van der Waals surface area contributed by atoms with Gasteiger partial charge in [-0.1, -0.05) is 58.8 Å². The molecule has 1 saturated carbocycles. The maximum atomic E-state index is 12.5. The summed E-state index contributed by atoms with van der Waals surface area (Å²) in [5.74, 6) is -1.93. The molecule has 1 aliphatic carbocycles. The molecule has 8 nitrogen and oxygen atoms in total. The van der Waals surface area contributed by atoms with E-state index >= 15 is 0 Å². The number of hydrogen-bond acceptors (Lipinski definition) is 7. The maximum Gasteiger partial charge on any atom is 0.306 e. The third-order valence-corrected chi connectivity index (χ3v) is 7.05. The highest BCUT2D eigenvalue weighted by molar-refractivity contribution is 5.70. The van der Waals surface area contributed by atoms with Crippen LogP contribution in [-0.4, -0.2) is 47.3 Å². The maximum absolute atomic E-state index is 12.5. The van der Waals surface area contributed by atoms with Crippen LogP contribution in [0.2, 0.25) is 0 Å². The monoisotopic (exact) mass is 564 g/mol. The number of hydrogen-bond donors (Lipinski definition) is 1. The molecule has 0 amide bonds. The Bertz CT molecular complexity index is 818. The standard InChI is InChI=1S/C32H52O8/c1-5-9-12-18-24(38-30(35)15-6-2)21-22-26-25(19-13-10-11-14-20-29(33)34)27(39-31(36)16-7-3)23-28(26)40-32(37)17-8-4/h10,13,21-22,24-28H,5-9,11-12,14-20,23H2,1-4H3,(H,33,34)/b13-10-,22-21+/t24-,25+,26+,27-,28?/m0/s1. The molecule has 0 saturated heterocycles. The van der Waals surface area contributed by atoms with E-state index < -0.39 is 18.2 Å². The molecule has 1 rings (SSSR count). The third kappa shape index (κ3) is 14.7. The number of allylic oxidation sites excluding steroid dienone is 2. The number of carbonyl (C=O) groups is 4. The fourth-order valence-electron chi connectivity index (χ4n) is 5.00. The molecule has 0 aromatic rings. The van der Waals surface area contributed by atoms with Crippen molar-refractivity contribution in [3.63, 3.8) is 0 Å². The van der Waals surface area contributed by atoms with Crippen LogP contribution < -0.4 is 0 Å². The van der Waals surface area contributed by atoms with Crippen LogP contribution in [0.4, 0.5) is 0 Å². The molecule has 1 fully saturated rings. The Balaban J connectivity index is 3.23. The van der Waals surface area contributed by atoms with Gasteiger partial charge < -0.3 is 19.3 Å². The van der Waals surface area contributed by atoms with Crippen molar-refractivity contribution in [3.8, 4) is 0 Å². The average Bonchev–Trinajstić information content (AvgIpc) is 3.19. The van der Waals surface area contributed by atoms with Crippen molar-refractivity contribution in [2.45, 2.75) is 142 Å². The first-order valence-corrected chi connectivity index (χ1v) is 15.4. The first-order chi connectivity index (χ1) is 19.2. The zero-order valence-corrected chi connectivity index (χ0v) is 25.1. The number of ether oxygens (including phenoxy) is 3. The van der Waals surface area contributed by atoms with E-state index in [9.17, 15) is 19.2 Å². The number of carbonyl (C=O) groups excluding carboxylic acids is 3. The molecular formula is C32H52O8. The highest BCUT2D eigenvalue weighted by Crippen LogP contribution is 2.40. The summed E-state index contributed by atoms with van der Waals surface area (Å²) in [6.45, 7) is 7.91. The Kier molecular flexibility index (Phi) is 18.7. The van der Waals surface area contributed by atoms with Crippen LogP contribution in [-0.2, 0) is 33.4 Å². The molecule has 0 heterocycles. The van der Waals surface area contributed by atoms with E-state index in [0.29, 0.717) is 64.2 Å². The fraction of sp³-hybridized carbons (Fsp3) is 0.750. The van der Waals surface area contributed by atoms with Crippen LogP contribution in [0.3, 0.4) is 0 Å². The molecular weight excluding hydrogens is 512 g/mol. The zero-order chi connectivity index (χ0) is 29.8. The molecule has 5 atom stereocenters. The second-order valence-corrected chi connectivity index (χ2v) is 10.7. The number of carboxylic acids is 1. The van der Waals surface area contributed by atoms with Crippen molar-refractivity contribution >= 4 is 23.9 Å². The van der Waals surface area contributed by atoms with Gasteiger partial charge in [0.05, 0.1) is 0 Å². The van der Waals surface area contributed by atoms with Gasteiger partial charge in [-0.15, -0.1) is 0 Å². The van der Waals surface area contributed by atoms with Gasteiger partial charge in [-0.05, 0) is 57.4 Å². The smallest absolute Gasteiger partial charge is 0.306 e. The summed E-state index contributed by atoms with van der Waals surface area (Å²) in [4.78, 5) is 48.1. The summed E-state index contributed by atoms with van der Waals surface area (Å²) < 4.78 is 17.6. The largest absolute Gasteiger partial charge is 0.481 e. The fourth-order valence-corrected chi connectivity index (χ4v) is 5.00. The summed E-state index contributed by atoms with van der Waals surface area (Å²) in [5.41, 5.74) is 0. The van der Waals surface area contributed by atoms with Crippen LogP contribution in [0.15, 0.2) is 24.3 Å². The Labute approximate surface area is 240 Å². The van der Waals surface area contributed by atoms with Gasteiger partial charge in [-0.3, -0.25) is 19.2 Å². The lowest BCUT2D eigenvalue weighted by Gasteiger charge is -2.24. The predicted molar refractivity (Wildman–Crippen MR) is 154 cm³/mol. The van der Waals surface area contributed by atoms with Crippen molar-refractivity contribution in [1.82, 2.24) is 0 Å². The molecule has 1 aliphatic rings. The van der Waals surface area contributed by atoms with Crippen molar-refractivity contribution in [2.24, 2.45) is 11.8 Å². The number of unbranched alkanes of at least 4 members (excludes halogenated alkanes) is 3. The van der Waals surface area contributed by atoms with Crippen molar-refractivity contribution in [1.29, 1.82) is 0 Å². The number of esters is 3. The van der Waals surface area contributed by atoms with Crippen LogP contribution in [0.1, 0.15) is 124 Å². The average molecular weight is 565 g/mol. The molecule has 1 N–H and O–H groups in total. The van der Waals surface area contributed by atoms with Crippen LogP contribution in [0.5, 0.6) is 0 Å². The van der Waals surface area contributed by atoms with E-state index in [1.165, 1.54) is 0 Å². The van der Waals surface area contributed by atoms with Gasteiger partial charge in [0.2, 0.25) is 0 Å². The SMILES string of the molecule is CCCCC[C@@H](/C=C/[C@H]1C(OC(=O)CCC)C[C@H](OC(=O)CCC)[C@@H]1C/C=C\CCCC(=O)O)OC(=O)CCC. The van der Waals surface area contributed by atoms with Crippen LogP contribution >= 0.6 is 0 Å². The van der Waals surface area contributed by atoms with E-state index in [-0.39, 0.29) is 42.3 Å². The van der Waals surface area contributed by atoms with Crippen molar-refractivity contribution in [3.05, 3.63) is 24.3 Å². The first-order valence-electron chi connectivity index (χ1n) is 15.4. The number of carboxylic acid groups (broad SMARTS) is 1. The summed E-state index contributed by atoms with van der Waals surface area (Å²) in [6.07, 6.45) is 15.8. The third-order valence-electron chi connectivity index (χ3n) is 7.05. The topological polar surface area (TPSA) is 116 Å². The summed E-state index contributed by atoms with van der Waals surface area (Å²) in [5, 5.41) is 8.88. The highest BCUT2D eigenvalue weighted by Gasteiger charge is 2.45. The molecule has 0 radical (unpaired) electrons. The Morgan fingerprint density at radius 1 is 0.775 bits per heavy atom. The van der Waals surface area contributed by atoms with Gasteiger partial charge in [0, 0.05) is 43.9 Å². The number of aliphatic carboxylic acids is 1. The lowest BCUT2D eigenvalue weighted by atomic mass is 9.89. The van der Waals surface area contributed by atoms with Gasteiger partial charge in [0.25, 0.3) is 0 Å². The minimum absolute atomic E-state index is 0.113. The molecule has 0 bridgehead atoms. The van der Waals surface area contributed by atoms with Gasteiger partial charge in [-0.2, -0.15) is 0 Å². The van der Waals surface area contributed by atoms with E-state index in [1.807, 2.05) is 45.1 Å². The molecule has 0 aromatic heterocycles. The summed E-state index contributed by atoms with van der Waals surface area (Å²) in [7, 11) is 0. The lowest BCUT2D eigenvalue weighted by Crippen LogP contribution is -2.26. The highest BCUT2D eigenvalue weighted by atomic mass is 16.6. The van der Waals surface area contributed by atoms with E-state index in [0.717, 1.165) is 25.7 Å². The van der Waals surface area contributed by atoms with E-state index in [1.54, 1.807) is 0 Å². The minimum Gasteiger partial charge on any atom is -0.481 e. The van der Waals surface area contributed by atoms with Gasteiger partial charge in [0.1, 0.15) is 18.3 Å². The molecule has 1 unspecified atom stereocenters. The van der Waals surface area contributed by atoms with Gasteiger partial charge >= 0.3 is 23.9 Å². The first kappa shape index (κ1) is 35.4. The Morgan fingerprint density at radius 3 is 2.00 bits per heavy atom. The Hall–Kier alpha value is -2.64. The van der Waals surface area contributed by atoms with Crippen molar-refractivity contribution in [2.75, 3.05) is 0 Å². The summed E-state index contributed by atoms with van der Waals surface area (Å²) in [6, 6.07) is 0. The second kappa shape index (κ2) is 21.2. The Morgan fingerprint density at radius 2 is 1.40 bits per heavy atom. The number of rotatable bonds is 21. The van der Waals surface area contributed by atoms with E-state index in [4.69, 9.17) is 19.3 Å². The molecule has 0 spiro atoms. The normalized spacial score (nSPS) is 21.5. The second-order valence-electron chi connectivity index (χ2n) is 10.7. The predicted octanol–water partition coefficient (Wildman–Crippen LogP) is 7.10.